The normalized spacial score (nSPS) is 10.9. The molecule has 152 valence electrons. The van der Waals surface area contributed by atoms with Crippen molar-refractivity contribution in [2.24, 2.45) is 0 Å². The molecule has 0 amide bonds. The highest BCUT2D eigenvalue weighted by Crippen LogP contribution is 2.29. The molecule has 2 aromatic heterocycles. The van der Waals surface area contributed by atoms with Gasteiger partial charge < -0.3 is 10.3 Å². The number of aryl methyl sites for hydroxylation is 1. The predicted octanol–water partition coefficient (Wildman–Crippen LogP) is 5.98. The molecule has 6 heteroatoms. The molecule has 4 nitrogen and oxygen atoms in total. The number of hydrogen-bond acceptors (Lipinski definition) is 3. The van der Waals surface area contributed by atoms with Gasteiger partial charge in [0.25, 0.3) is 0 Å². The Labute approximate surface area is 174 Å². The van der Waals surface area contributed by atoms with Gasteiger partial charge in [0, 0.05) is 35.6 Å². The summed E-state index contributed by atoms with van der Waals surface area (Å²) in [6.07, 6.45) is 7.19. The Morgan fingerprint density at radius 1 is 1.00 bits per heavy atom. The van der Waals surface area contributed by atoms with Crippen LogP contribution in [0.5, 0.6) is 0 Å². The van der Waals surface area contributed by atoms with E-state index < -0.39 is 11.6 Å². The monoisotopic (exact) mass is 404 g/mol. The third kappa shape index (κ3) is 4.22. The molecule has 30 heavy (non-hydrogen) atoms. The zero-order valence-corrected chi connectivity index (χ0v) is 16.6. The molecule has 2 aromatic carbocycles. The Balaban J connectivity index is 1.58. The van der Waals surface area contributed by atoms with Crippen molar-refractivity contribution in [3.05, 3.63) is 89.9 Å². The topological polar surface area (TPSA) is 53.6 Å². The van der Waals surface area contributed by atoms with Crippen molar-refractivity contribution in [1.82, 2.24) is 15.0 Å². The molecule has 2 N–H and O–H groups in total. The summed E-state index contributed by atoms with van der Waals surface area (Å²) in [5, 5.41) is 3.04. The lowest BCUT2D eigenvalue weighted by Crippen LogP contribution is -2.05. The second-order valence-corrected chi connectivity index (χ2v) is 7.05. The number of H-pyrrole nitrogens is 1. The number of rotatable bonds is 7. The third-order valence-electron chi connectivity index (χ3n) is 4.97. The first-order valence-electron chi connectivity index (χ1n) is 9.91. The molecule has 0 radical (unpaired) electrons. The van der Waals surface area contributed by atoms with Crippen LogP contribution in [0.15, 0.2) is 67.1 Å². The fraction of sp³-hybridized carbons (Fsp3) is 0.167. The Morgan fingerprint density at radius 2 is 1.83 bits per heavy atom. The summed E-state index contributed by atoms with van der Waals surface area (Å²) in [5.74, 6) is -0.318. The molecule has 0 aliphatic carbocycles. The highest BCUT2D eigenvalue weighted by Gasteiger charge is 2.11. The van der Waals surface area contributed by atoms with Crippen LogP contribution in [-0.4, -0.2) is 15.0 Å². The van der Waals surface area contributed by atoms with Crippen molar-refractivity contribution in [2.45, 2.75) is 26.3 Å². The molecule has 0 aliphatic rings. The summed E-state index contributed by atoms with van der Waals surface area (Å²) in [5.41, 5.74) is 4.81. The predicted molar refractivity (Wildman–Crippen MR) is 115 cm³/mol. The number of anilines is 1. The van der Waals surface area contributed by atoms with E-state index in [9.17, 15) is 8.78 Å². The first kappa shape index (κ1) is 19.8. The summed E-state index contributed by atoms with van der Waals surface area (Å²) < 4.78 is 27.6. The van der Waals surface area contributed by atoms with Crippen molar-refractivity contribution in [3.63, 3.8) is 0 Å². The van der Waals surface area contributed by atoms with Crippen LogP contribution in [0.3, 0.4) is 0 Å². The Bertz CT molecular complexity index is 1100. The van der Waals surface area contributed by atoms with E-state index in [0.717, 1.165) is 35.5 Å². The van der Waals surface area contributed by atoms with Gasteiger partial charge >= 0.3 is 0 Å². The summed E-state index contributed by atoms with van der Waals surface area (Å²) in [6, 6.07) is 13.9. The number of halogens is 2. The van der Waals surface area contributed by atoms with Crippen LogP contribution in [0, 0.1) is 11.6 Å². The molecule has 2 heterocycles. The van der Waals surface area contributed by atoms with Gasteiger partial charge in [0.2, 0.25) is 0 Å². The fourth-order valence-electron chi connectivity index (χ4n) is 3.42. The summed E-state index contributed by atoms with van der Waals surface area (Å²) in [7, 11) is 0. The van der Waals surface area contributed by atoms with Gasteiger partial charge in [-0.05, 0) is 42.3 Å². The lowest BCUT2D eigenvalue weighted by molar-refractivity contribution is 0.560. The maximum Gasteiger partial charge on any atom is 0.137 e. The molecule has 0 fully saturated rings. The molecular weight excluding hydrogens is 382 g/mol. The molecule has 0 saturated carbocycles. The number of nitrogens with zero attached hydrogens (tertiary/aromatic N) is 2. The van der Waals surface area contributed by atoms with Gasteiger partial charge in [-0.3, -0.25) is 4.98 Å². The summed E-state index contributed by atoms with van der Waals surface area (Å²) in [4.78, 5) is 12.1. The molecule has 0 atom stereocenters. The lowest BCUT2D eigenvalue weighted by Gasteiger charge is -2.12. The second kappa shape index (κ2) is 8.86. The molecular formula is C24H22F2N4. The number of aromatic nitrogens is 3. The number of pyridine rings is 1. The minimum absolute atomic E-state index is 0.0120. The molecule has 0 unspecified atom stereocenters. The van der Waals surface area contributed by atoms with Crippen LogP contribution in [0.25, 0.3) is 22.6 Å². The first-order valence-corrected chi connectivity index (χ1v) is 9.91. The summed E-state index contributed by atoms with van der Waals surface area (Å²) >= 11 is 0. The smallest absolute Gasteiger partial charge is 0.137 e. The molecule has 0 aliphatic heterocycles. The van der Waals surface area contributed by atoms with Crippen molar-refractivity contribution in [2.75, 3.05) is 5.32 Å². The van der Waals surface area contributed by atoms with Gasteiger partial charge in [0.15, 0.2) is 0 Å². The minimum Gasteiger partial charge on any atom is -0.379 e. The quantitative estimate of drug-likeness (QED) is 0.398. The number of hydrogen-bond donors (Lipinski definition) is 2. The maximum atomic E-state index is 13.8. The molecule has 0 spiro atoms. The molecule has 4 rings (SSSR count). The zero-order valence-electron chi connectivity index (χ0n) is 16.6. The van der Waals surface area contributed by atoms with Gasteiger partial charge in [-0.2, -0.15) is 0 Å². The highest BCUT2D eigenvalue weighted by molar-refractivity contribution is 5.72. The zero-order chi connectivity index (χ0) is 20.9. The van der Waals surface area contributed by atoms with Crippen LogP contribution >= 0.6 is 0 Å². The molecule has 4 aromatic rings. The third-order valence-corrected chi connectivity index (χ3v) is 4.97. The molecule has 0 bridgehead atoms. The van der Waals surface area contributed by atoms with Gasteiger partial charge in [0.1, 0.15) is 17.5 Å². The SMILES string of the molecule is CCCc1ccc(-c2ncc[nH]2)cc1-c1ccc(NCc2c(F)cccc2F)cn1. The van der Waals surface area contributed by atoms with E-state index in [2.05, 4.69) is 45.4 Å². The van der Waals surface area contributed by atoms with E-state index in [-0.39, 0.29) is 12.1 Å². The second-order valence-electron chi connectivity index (χ2n) is 7.05. The maximum absolute atomic E-state index is 13.8. The first-order chi connectivity index (χ1) is 14.7. The van der Waals surface area contributed by atoms with Gasteiger partial charge in [-0.15, -0.1) is 0 Å². The standard InChI is InChI=1S/C24H22F2N4/c1-2-4-16-7-8-17(24-27-11-12-28-24)13-19(16)23-10-9-18(14-30-23)29-15-20-21(25)5-3-6-22(20)26/h3,5-14,29H,2,4,15H2,1H3,(H,27,28). The average Bonchev–Trinajstić information content (AvgIpc) is 3.29. The van der Waals surface area contributed by atoms with Crippen LogP contribution in [-0.2, 0) is 13.0 Å². The minimum atomic E-state index is -0.564. The average molecular weight is 404 g/mol. The van der Waals surface area contributed by atoms with Crippen LogP contribution < -0.4 is 5.32 Å². The van der Waals surface area contributed by atoms with E-state index >= 15 is 0 Å². The van der Waals surface area contributed by atoms with E-state index in [1.165, 1.54) is 23.8 Å². The van der Waals surface area contributed by atoms with E-state index in [4.69, 9.17) is 0 Å². The van der Waals surface area contributed by atoms with Gasteiger partial charge in [0.05, 0.1) is 17.6 Å². The van der Waals surface area contributed by atoms with Crippen molar-refractivity contribution in [1.29, 1.82) is 0 Å². The van der Waals surface area contributed by atoms with E-state index in [1.807, 2.05) is 12.1 Å². The largest absolute Gasteiger partial charge is 0.379 e. The van der Waals surface area contributed by atoms with Crippen LogP contribution in [0.2, 0.25) is 0 Å². The highest BCUT2D eigenvalue weighted by atomic mass is 19.1. The van der Waals surface area contributed by atoms with Crippen molar-refractivity contribution >= 4 is 5.69 Å². The Morgan fingerprint density at radius 3 is 2.50 bits per heavy atom. The Hall–Kier alpha value is -3.54. The van der Waals surface area contributed by atoms with Crippen molar-refractivity contribution < 1.29 is 8.78 Å². The van der Waals surface area contributed by atoms with E-state index in [0.29, 0.717) is 5.69 Å². The summed E-state index contributed by atoms with van der Waals surface area (Å²) in [6.45, 7) is 2.20. The van der Waals surface area contributed by atoms with Crippen LogP contribution in [0.4, 0.5) is 14.5 Å². The van der Waals surface area contributed by atoms with E-state index in [1.54, 1.807) is 18.6 Å². The van der Waals surface area contributed by atoms with Crippen LogP contribution in [0.1, 0.15) is 24.5 Å². The number of nitrogens with one attached hydrogen (secondary N) is 2. The van der Waals surface area contributed by atoms with Gasteiger partial charge in [-0.25, -0.2) is 13.8 Å². The van der Waals surface area contributed by atoms with Gasteiger partial charge in [-0.1, -0.05) is 31.5 Å². The number of aromatic amines is 1. The number of imidazole rings is 1. The number of benzene rings is 2. The molecule has 0 saturated heterocycles. The van der Waals surface area contributed by atoms with Crippen molar-refractivity contribution in [3.8, 4) is 22.6 Å². The fourth-order valence-corrected chi connectivity index (χ4v) is 3.42. The Kier molecular flexibility index (Phi) is 5.84. The lowest BCUT2D eigenvalue weighted by atomic mass is 9.97.